The van der Waals surface area contributed by atoms with Gasteiger partial charge in [0.1, 0.15) is 0 Å². The molecule has 152 valence electrons. The molecule has 0 saturated carbocycles. The Hall–Kier alpha value is 0.340. The molecule has 0 aromatic carbocycles. The molecule has 0 aliphatic rings. The van der Waals surface area contributed by atoms with E-state index in [1.165, 1.54) is 44.9 Å². The fourth-order valence-electron chi connectivity index (χ4n) is 2.82. The van der Waals surface area contributed by atoms with Crippen molar-refractivity contribution in [2.75, 3.05) is 18.1 Å². The summed E-state index contributed by atoms with van der Waals surface area (Å²) in [5, 5.41) is 0. The van der Waals surface area contributed by atoms with Crippen LogP contribution in [0.3, 0.4) is 0 Å². The van der Waals surface area contributed by atoms with Crippen molar-refractivity contribution >= 4 is 18.3 Å². The van der Waals surface area contributed by atoms with Gasteiger partial charge < -0.3 is 0 Å². The summed E-state index contributed by atoms with van der Waals surface area (Å²) in [5.41, 5.74) is 0. The summed E-state index contributed by atoms with van der Waals surface area (Å²) in [6.45, 7) is 6.53. The zero-order valence-corrected chi connectivity index (χ0v) is 18.8. The standard InChI is InChI=1S/C20H43O3PS/c1-4-7-10-11-12-13-14-15-16-17-20-25(21,22)23-24(18-8-5-2)19-9-6-3/h4-20H2,1-3H3. The number of hydrogen-bond donors (Lipinski definition) is 0. The van der Waals surface area contributed by atoms with Crippen molar-refractivity contribution in [1.82, 2.24) is 0 Å². The van der Waals surface area contributed by atoms with Gasteiger partial charge in [-0.3, -0.25) is 0 Å². The van der Waals surface area contributed by atoms with E-state index in [9.17, 15) is 8.42 Å². The molecule has 0 radical (unpaired) electrons. The van der Waals surface area contributed by atoms with Gasteiger partial charge in [0.2, 0.25) is 0 Å². The number of unbranched alkanes of at least 4 members (excludes halogenated alkanes) is 11. The van der Waals surface area contributed by atoms with Crippen LogP contribution in [0.25, 0.3) is 0 Å². The Bertz CT molecular complexity index is 363. The Morgan fingerprint density at radius 2 is 1.00 bits per heavy atom. The summed E-state index contributed by atoms with van der Waals surface area (Å²) >= 11 is 0. The summed E-state index contributed by atoms with van der Waals surface area (Å²) in [5.74, 6) is 0.209. The van der Waals surface area contributed by atoms with Gasteiger partial charge in [0.05, 0.1) is 13.9 Å². The second-order valence-corrected chi connectivity index (χ2v) is 11.1. The molecule has 0 rings (SSSR count). The topological polar surface area (TPSA) is 43.4 Å². The molecule has 0 saturated heterocycles. The van der Waals surface area contributed by atoms with E-state index in [2.05, 4.69) is 20.8 Å². The van der Waals surface area contributed by atoms with Crippen molar-refractivity contribution in [3.8, 4) is 0 Å². The fraction of sp³-hybridized carbons (Fsp3) is 1.00. The quantitative estimate of drug-likeness (QED) is 0.171. The monoisotopic (exact) mass is 394 g/mol. The minimum Gasteiger partial charge on any atom is -0.248 e. The van der Waals surface area contributed by atoms with Crippen molar-refractivity contribution in [2.45, 2.75) is 111 Å². The summed E-state index contributed by atoms with van der Waals surface area (Å²) in [6, 6.07) is 0. The highest BCUT2D eigenvalue weighted by molar-refractivity contribution is 7.90. The third-order valence-electron chi connectivity index (χ3n) is 4.49. The van der Waals surface area contributed by atoms with Crippen LogP contribution < -0.4 is 0 Å². The zero-order chi connectivity index (χ0) is 18.8. The normalized spacial score (nSPS) is 12.2. The van der Waals surface area contributed by atoms with Crippen molar-refractivity contribution in [1.29, 1.82) is 0 Å². The molecule has 0 aromatic rings. The van der Waals surface area contributed by atoms with Gasteiger partial charge in [0.15, 0.2) is 0 Å². The fourth-order valence-corrected chi connectivity index (χ4v) is 7.12. The van der Waals surface area contributed by atoms with E-state index in [4.69, 9.17) is 3.97 Å². The molecular weight excluding hydrogens is 351 g/mol. The van der Waals surface area contributed by atoms with E-state index < -0.39 is 18.3 Å². The van der Waals surface area contributed by atoms with Gasteiger partial charge in [0.25, 0.3) is 10.1 Å². The van der Waals surface area contributed by atoms with Gasteiger partial charge in [-0.1, -0.05) is 91.4 Å². The van der Waals surface area contributed by atoms with Gasteiger partial charge in [-0.2, -0.15) is 8.42 Å². The number of hydrogen-bond acceptors (Lipinski definition) is 3. The predicted molar refractivity (Wildman–Crippen MR) is 113 cm³/mol. The first-order valence-electron chi connectivity index (χ1n) is 10.7. The molecule has 25 heavy (non-hydrogen) atoms. The van der Waals surface area contributed by atoms with Crippen LogP contribution in [0.1, 0.15) is 111 Å². The van der Waals surface area contributed by atoms with Gasteiger partial charge in [-0.05, 0) is 31.6 Å². The van der Waals surface area contributed by atoms with Crippen LogP contribution in [0.2, 0.25) is 0 Å². The van der Waals surface area contributed by atoms with E-state index >= 15 is 0 Å². The Morgan fingerprint density at radius 3 is 1.44 bits per heavy atom. The lowest BCUT2D eigenvalue weighted by atomic mass is 10.1. The van der Waals surface area contributed by atoms with Crippen LogP contribution in [0.5, 0.6) is 0 Å². The molecule has 0 aliphatic heterocycles. The van der Waals surface area contributed by atoms with Crippen molar-refractivity contribution in [2.24, 2.45) is 0 Å². The van der Waals surface area contributed by atoms with Crippen molar-refractivity contribution in [3.05, 3.63) is 0 Å². The SMILES string of the molecule is CCCCCCCCCCCCS(=O)(=O)OP(CCCC)CCCC. The van der Waals surface area contributed by atoms with Crippen LogP contribution in [-0.2, 0) is 14.1 Å². The minimum absolute atomic E-state index is 0.209. The molecule has 0 aliphatic carbocycles. The molecule has 0 fully saturated rings. The van der Waals surface area contributed by atoms with Crippen LogP contribution in [-0.4, -0.2) is 26.5 Å². The highest BCUT2D eigenvalue weighted by Gasteiger charge is 2.18. The average Bonchev–Trinajstić information content (AvgIpc) is 2.58. The lowest BCUT2D eigenvalue weighted by Gasteiger charge is -2.16. The second kappa shape index (κ2) is 17.7. The third kappa shape index (κ3) is 17.5. The summed E-state index contributed by atoms with van der Waals surface area (Å²) in [4.78, 5) is 0. The van der Waals surface area contributed by atoms with Crippen LogP contribution in [0.4, 0.5) is 0 Å². The van der Waals surface area contributed by atoms with Gasteiger partial charge in [0, 0.05) is 0 Å². The van der Waals surface area contributed by atoms with Crippen LogP contribution in [0, 0.1) is 0 Å². The molecule has 0 aromatic heterocycles. The third-order valence-corrected chi connectivity index (χ3v) is 8.66. The maximum Gasteiger partial charge on any atom is 0.270 e. The smallest absolute Gasteiger partial charge is 0.248 e. The second-order valence-electron chi connectivity index (χ2n) is 7.15. The molecule has 5 heteroatoms. The van der Waals surface area contributed by atoms with Gasteiger partial charge in [-0.25, -0.2) is 3.97 Å². The molecule has 0 unspecified atom stereocenters. The van der Waals surface area contributed by atoms with Crippen molar-refractivity contribution < 1.29 is 12.4 Å². The highest BCUT2D eigenvalue weighted by atomic mass is 32.2. The maximum absolute atomic E-state index is 12.2. The molecule has 3 nitrogen and oxygen atoms in total. The Balaban J connectivity index is 3.79. The minimum atomic E-state index is -3.32. The maximum atomic E-state index is 12.2. The first-order chi connectivity index (χ1) is 12.1. The number of rotatable bonds is 19. The molecule has 0 amide bonds. The predicted octanol–water partition coefficient (Wildman–Crippen LogP) is 7.25. The summed E-state index contributed by atoms with van der Waals surface area (Å²) in [7, 11) is -4.11. The Labute approximate surface area is 159 Å². The summed E-state index contributed by atoms with van der Waals surface area (Å²) in [6.07, 6.45) is 18.4. The zero-order valence-electron chi connectivity index (χ0n) is 17.1. The van der Waals surface area contributed by atoms with Crippen LogP contribution >= 0.6 is 8.15 Å². The summed E-state index contributed by atoms with van der Waals surface area (Å²) < 4.78 is 30.0. The lowest BCUT2D eigenvalue weighted by Crippen LogP contribution is -2.10. The highest BCUT2D eigenvalue weighted by Crippen LogP contribution is 2.41. The van der Waals surface area contributed by atoms with E-state index in [0.717, 1.165) is 57.3 Å². The molecular formula is C20H43O3PS. The van der Waals surface area contributed by atoms with Crippen molar-refractivity contribution in [3.63, 3.8) is 0 Å². The van der Waals surface area contributed by atoms with E-state index in [1.807, 2.05) is 0 Å². The molecule has 0 heterocycles. The largest absolute Gasteiger partial charge is 0.270 e. The average molecular weight is 395 g/mol. The molecule has 0 spiro atoms. The first kappa shape index (κ1) is 25.3. The Morgan fingerprint density at radius 1 is 0.600 bits per heavy atom. The molecule has 0 bridgehead atoms. The lowest BCUT2D eigenvalue weighted by molar-refractivity contribution is 0.500. The molecule has 0 atom stereocenters. The van der Waals surface area contributed by atoms with E-state index in [-0.39, 0.29) is 5.75 Å². The molecule has 0 N–H and O–H groups in total. The van der Waals surface area contributed by atoms with Gasteiger partial charge in [-0.15, -0.1) is 0 Å². The van der Waals surface area contributed by atoms with Gasteiger partial charge >= 0.3 is 0 Å². The van der Waals surface area contributed by atoms with Crippen LogP contribution in [0.15, 0.2) is 0 Å². The van der Waals surface area contributed by atoms with E-state index in [0.29, 0.717) is 0 Å². The Kier molecular flexibility index (Phi) is 18.0. The van der Waals surface area contributed by atoms with E-state index in [1.54, 1.807) is 0 Å². The first-order valence-corrected chi connectivity index (χ1v) is 13.9.